The van der Waals surface area contributed by atoms with Gasteiger partial charge >= 0.3 is 0 Å². The Kier molecular flexibility index (Phi) is 6.23. The number of benzene rings is 1. The molecule has 4 N–H and O–H groups in total. The first kappa shape index (κ1) is 20.3. The molecule has 7 heteroatoms. The zero-order valence-electron chi connectivity index (χ0n) is 16.2. The summed E-state index contributed by atoms with van der Waals surface area (Å²) in [5.41, 5.74) is 8.11. The smallest absolute Gasteiger partial charge is 0.240 e. The summed E-state index contributed by atoms with van der Waals surface area (Å²) in [4.78, 5) is 12.6. The molecule has 3 rings (SSSR count). The summed E-state index contributed by atoms with van der Waals surface area (Å²) in [5, 5.41) is 3.15. The summed E-state index contributed by atoms with van der Waals surface area (Å²) in [5.74, 6) is 0.836. The molecule has 27 heavy (non-hydrogen) atoms. The molecule has 150 valence electrons. The van der Waals surface area contributed by atoms with Crippen LogP contribution < -0.4 is 15.8 Å². The van der Waals surface area contributed by atoms with Gasteiger partial charge < -0.3 is 11.1 Å². The van der Waals surface area contributed by atoms with E-state index in [0.717, 1.165) is 36.8 Å². The summed E-state index contributed by atoms with van der Waals surface area (Å²) in [6.07, 6.45) is 5.54. The van der Waals surface area contributed by atoms with Crippen LogP contribution in [0.4, 0.5) is 0 Å². The van der Waals surface area contributed by atoms with Gasteiger partial charge in [-0.3, -0.25) is 4.79 Å². The number of carbonyl (C=O) groups is 1. The van der Waals surface area contributed by atoms with Crippen molar-refractivity contribution >= 4 is 15.9 Å². The Labute approximate surface area is 162 Å². The van der Waals surface area contributed by atoms with Gasteiger partial charge in [0.15, 0.2) is 0 Å². The number of amides is 1. The quantitative estimate of drug-likeness (QED) is 0.688. The van der Waals surface area contributed by atoms with Gasteiger partial charge in [-0.1, -0.05) is 12.5 Å². The van der Waals surface area contributed by atoms with Gasteiger partial charge in [0.2, 0.25) is 15.9 Å². The van der Waals surface area contributed by atoms with Crippen molar-refractivity contribution in [1.29, 1.82) is 0 Å². The highest BCUT2D eigenvalue weighted by Gasteiger charge is 2.39. The second kappa shape index (κ2) is 8.29. The van der Waals surface area contributed by atoms with E-state index < -0.39 is 10.0 Å². The summed E-state index contributed by atoms with van der Waals surface area (Å²) >= 11 is 0. The van der Waals surface area contributed by atoms with E-state index in [1.54, 1.807) is 18.2 Å². The Morgan fingerprint density at radius 3 is 2.44 bits per heavy atom. The van der Waals surface area contributed by atoms with E-state index in [0.29, 0.717) is 11.8 Å². The normalized spacial score (nSPS) is 28.0. The molecule has 1 aromatic carbocycles. The maximum atomic E-state index is 12.4. The number of carbonyl (C=O) groups excluding carboxylic acids is 1. The lowest BCUT2D eigenvalue weighted by atomic mass is 9.67. The Bertz CT molecular complexity index is 780. The van der Waals surface area contributed by atoms with Crippen LogP contribution in [0, 0.1) is 25.7 Å². The van der Waals surface area contributed by atoms with Crippen LogP contribution in [0.5, 0.6) is 0 Å². The summed E-state index contributed by atoms with van der Waals surface area (Å²) < 4.78 is 27.4. The lowest BCUT2D eigenvalue weighted by Gasteiger charge is -2.45. The first-order valence-electron chi connectivity index (χ1n) is 9.88. The first-order valence-corrected chi connectivity index (χ1v) is 11.4. The molecule has 0 aromatic heterocycles. The van der Waals surface area contributed by atoms with E-state index in [4.69, 9.17) is 5.73 Å². The highest BCUT2D eigenvalue weighted by atomic mass is 32.2. The maximum absolute atomic E-state index is 12.4. The summed E-state index contributed by atoms with van der Waals surface area (Å²) in [6, 6.07) is 5.49. The van der Waals surface area contributed by atoms with E-state index in [2.05, 4.69) is 10.0 Å². The van der Waals surface area contributed by atoms with Gasteiger partial charge in [0.25, 0.3) is 0 Å². The van der Waals surface area contributed by atoms with Crippen molar-refractivity contribution in [3.8, 4) is 0 Å². The predicted molar refractivity (Wildman–Crippen MR) is 106 cm³/mol. The highest BCUT2D eigenvalue weighted by molar-refractivity contribution is 7.89. The van der Waals surface area contributed by atoms with E-state index in [1.807, 2.05) is 13.8 Å². The average molecular weight is 394 g/mol. The van der Waals surface area contributed by atoms with Gasteiger partial charge in [-0.15, -0.1) is 0 Å². The van der Waals surface area contributed by atoms with Gasteiger partial charge in [-0.2, -0.15) is 0 Å². The van der Waals surface area contributed by atoms with Crippen LogP contribution in [-0.2, 0) is 14.8 Å². The van der Waals surface area contributed by atoms with E-state index in [1.165, 1.54) is 6.42 Å². The van der Waals surface area contributed by atoms with Crippen LogP contribution in [0.1, 0.15) is 49.7 Å². The molecule has 2 atom stereocenters. The lowest BCUT2D eigenvalue weighted by molar-refractivity contribution is -0.123. The van der Waals surface area contributed by atoms with Gasteiger partial charge in [-0.05, 0) is 74.6 Å². The number of hydrogen-bond donors (Lipinski definition) is 3. The maximum Gasteiger partial charge on any atom is 0.240 e. The zero-order valence-corrected chi connectivity index (χ0v) is 17.0. The standard InChI is InChI=1S/C20H31N3O3S/c1-13-6-7-18(10-14(13)2)27(25,26)22-9-8-19(24)23-20-15-4-3-5-16(20)12-17(21)11-15/h6-7,10,15-17,20,22H,3-5,8-9,11-12,21H2,1-2H3,(H,23,24). The molecular weight excluding hydrogens is 362 g/mol. The number of nitrogens with one attached hydrogen (secondary N) is 2. The molecule has 0 heterocycles. The molecular formula is C20H31N3O3S. The van der Waals surface area contributed by atoms with Crippen molar-refractivity contribution in [3.63, 3.8) is 0 Å². The Hall–Kier alpha value is -1.44. The van der Waals surface area contributed by atoms with Crippen molar-refractivity contribution in [2.24, 2.45) is 17.6 Å². The Morgan fingerprint density at radius 1 is 1.15 bits per heavy atom. The molecule has 2 aliphatic carbocycles. The molecule has 2 bridgehead atoms. The third-order valence-electron chi connectivity index (χ3n) is 6.14. The highest BCUT2D eigenvalue weighted by Crippen LogP contribution is 2.39. The lowest BCUT2D eigenvalue weighted by Crippen LogP contribution is -2.54. The topological polar surface area (TPSA) is 101 Å². The second-order valence-corrected chi connectivity index (χ2v) is 9.94. The number of fused-ring (bicyclic) bond motifs is 2. The van der Waals surface area contributed by atoms with Crippen molar-refractivity contribution in [2.45, 2.75) is 69.4 Å². The third kappa shape index (κ3) is 4.89. The van der Waals surface area contributed by atoms with Crippen molar-refractivity contribution in [1.82, 2.24) is 10.0 Å². The third-order valence-corrected chi connectivity index (χ3v) is 7.60. The molecule has 1 aromatic rings. The van der Waals surface area contributed by atoms with Gasteiger partial charge in [0.1, 0.15) is 0 Å². The van der Waals surface area contributed by atoms with E-state index in [-0.39, 0.29) is 35.9 Å². The predicted octanol–water partition coefficient (Wildman–Crippen LogP) is 1.99. The van der Waals surface area contributed by atoms with Gasteiger partial charge in [0, 0.05) is 25.0 Å². The van der Waals surface area contributed by atoms with Crippen LogP contribution in [0.25, 0.3) is 0 Å². The fourth-order valence-electron chi connectivity index (χ4n) is 4.55. The molecule has 0 spiro atoms. The van der Waals surface area contributed by atoms with Crippen LogP contribution in [0.15, 0.2) is 23.1 Å². The fourth-order valence-corrected chi connectivity index (χ4v) is 5.66. The van der Waals surface area contributed by atoms with Gasteiger partial charge in [0.05, 0.1) is 4.90 Å². The van der Waals surface area contributed by atoms with Crippen molar-refractivity contribution in [2.75, 3.05) is 6.54 Å². The first-order chi connectivity index (χ1) is 12.8. The number of rotatable bonds is 6. The molecule has 0 aliphatic heterocycles. The minimum absolute atomic E-state index is 0.0878. The molecule has 6 nitrogen and oxygen atoms in total. The van der Waals surface area contributed by atoms with E-state index in [9.17, 15) is 13.2 Å². The van der Waals surface area contributed by atoms with Gasteiger partial charge in [-0.25, -0.2) is 13.1 Å². The summed E-state index contributed by atoms with van der Waals surface area (Å²) in [7, 11) is -3.60. The average Bonchev–Trinajstić information content (AvgIpc) is 2.58. The van der Waals surface area contributed by atoms with E-state index >= 15 is 0 Å². The zero-order chi connectivity index (χ0) is 19.6. The van der Waals surface area contributed by atoms with Crippen LogP contribution in [0.3, 0.4) is 0 Å². The van der Waals surface area contributed by atoms with Crippen molar-refractivity contribution in [3.05, 3.63) is 29.3 Å². The Balaban J connectivity index is 1.51. The molecule has 0 radical (unpaired) electrons. The molecule has 2 aliphatic rings. The van der Waals surface area contributed by atoms with Crippen molar-refractivity contribution < 1.29 is 13.2 Å². The molecule has 2 unspecified atom stereocenters. The van der Waals surface area contributed by atoms with Crippen LogP contribution in [-0.4, -0.2) is 33.0 Å². The summed E-state index contributed by atoms with van der Waals surface area (Å²) in [6.45, 7) is 3.92. The minimum Gasteiger partial charge on any atom is -0.353 e. The molecule has 2 fully saturated rings. The largest absolute Gasteiger partial charge is 0.353 e. The molecule has 2 saturated carbocycles. The second-order valence-electron chi connectivity index (χ2n) is 8.17. The molecule has 0 saturated heterocycles. The minimum atomic E-state index is -3.60. The monoisotopic (exact) mass is 393 g/mol. The number of sulfonamides is 1. The molecule has 1 amide bonds. The SMILES string of the molecule is Cc1ccc(S(=O)(=O)NCCC(=O)NC2C3CCCC2CC(N)C3)cc1C. The number of nitrogens with two attached hydrogens (primary N) is 1. The van der Waals surface area contributed by atoms with Crippen LogP contribution in [0.2, 0.25) is 0 Å². The number of hydrogen-bond acceptors (Lipinski definition) is 4. The van der Waals surface area contributed by atoms with Crippen LogP contribution >= 0.6 is 0 Å². The fraction of sp³-hybridized carbons (Fsp3) is 0.650. The Morgan fingerprint density at radius 2 is 1.81 bits per heavy atom. The number of aryl methyl sites for hydroxylation is 2.